The van der Waals surface area contributed by atoms with Gasteiger partial charge in [-0.15, -0.1) is 22.7 Å². The van der Waals surface area contributed by atoms with E-state index in [-0.39, 0.29) is 0 Å². The minimum absolute atomic E-state index is 0.649. The normalized spacial score (nSPS) is 11.0. The smallest absolute Gasteiger partial charge is 0.183 e. The number of thiophene rings is 1. The van der Waals surface area contributed by atoms with Crippen LogP contribution in [0.15, 0.2) is 16.8 Å². The number of hydrogen-bond donors (Lipinski definition) is 1. The number of nitrogens with one attached hydrogen (secondary N) is 1. The number of aromatic nitrogens is 1. The van der Waals surface area contributed by atoms with Crippen molar-refractivity contribution in [2.75, 3.05) is 11.9 Å². The van der Waals surface area contributed by atoms with Crippen LogP contribution in [0.3, 0.4) is 0 Å². The van der Waals surface area contributed by atoms with Gasteiger partial charge < -0.3 is 5.32 Å². The third kappa shape index (κ3) is 2.62. The molecule has 16 heavy (non-hydrogen) atoms. The molecule has 2 heterocycles. The van der Waals surface area contributed by atoms with Gasteiger partial charge in [0.05, 0.1) is 10.6 Å². The van der Waals surface area contributed by atoms with Crippen molar-refractivity contribution in [3.05, 3.63) is 22.4 Å². The second-order valence-corrected chi connectivity index (χ2v) is 6.02. The lowest BCUT2D eigenvalue weighted by Crippen LogP contribution is -2.07. The minimum atomic E-state index is 0.649. The van der Waals surface area contributed by atoms with Gasteiger partial charge in [-0.2, -0.15) is 0 Å². The largest absolute Gasteiger partial charge is 0.361 e. The summed E-state index contributed by atoms with van der Waals surface area (Å²) in [6, 6.07) is 2.14. The maximum Gasteiger partial charge on any atom is 0.183 e. The van der Waals surface area contributed by atoms with E-state index >= 15 is 0 Å². The molecule has 2 aromatic heterocycles. The van der Waals surface area contributed by atoms with Crippen molar-refractivity contribution in [2.45, 2.75) is 20.8 Å². The molecule has 0 unspecified atom stereocenters. The lowest BCUT2D eigenvalue weighted by molar-refractivity contribution is 0.688. The van der Waals surface area contributed by atoms with E-state index in [1.165, 1.54) is 10.4 Å². The van der Waals surface area contributed by atoms with Crippen LogP contribution in [-0.2, 0) is 0 Å². The zero-order valence-electron chi connectivity index (χ0n) is 9.78. The molecule has 0 saturated heterocycles. The first kappa shape index (κ1) is 11.6. The molecule has 0 spiro atoms. The molecule has 4 heteroatoms. The first-order valence-corrected chi connectivity index (χ1v) is 7.16. The van der Waals surface area contributed by atoms with Gasteiger partial charge in [0.25, 0.3) is 0 Å². The summed E-state index contributed by atoms with van der Waals surface area (Å²) < 4.78 is 0. The summed E-state index contributed by atoms with van der Waals surface area (Å²) in [5, 5.41) is 8.63. The molecule has 0 saturated carbocycles. The van der Waals surface area contributed by atoms with E-state index in [9.17, 15) is 0 Å². The Labute approximate surface area is 104 Å². The number of rotatable bonds is 4. The highest BCUT2D eigenvalue weighted by atomic mass is 32.1. The van der Waals surface area contributed by atoms with Crippen molar-refractivity contribution in [2.24, 2.45) is 5.92 Å². The van der Waals surface area contributed by atoms with E-state index in [4.69, 9.17) is 0 Å². The first-order valence-electron chi connectivity index (χ1n) is 5.40. The molecule has 0 aliphatic carbocycles. The summed E-state index contributed by atoms with van der Waals surface area (Å²) in [7, 11) is 0. The topological polar surface area (TPSA) is 24.9 Å². The molecule has 2 nitrogen and oxygen atoms in total. The number of anilines is 1. The fourth-order valence-electron chi connectivity index (χ4n) is 1.39. The summed E-state index contributed by atoms with van der Waals surface area (Å²) in [6.45, 7) is 7.51. The average Bonchev–Trinajstić information content (AvgIpc) is 2.83. The van der Waals surface area contributed by atoms with Crippen molar-refractivity contribution in [3.63, 3.8) is 0 Å². The number of thiazole rings is 1. The van der Waals surface area contributed by atoms with Gasteiger partial charge >= 0.3 is 0 Å². The Bertz CT molecular complexity index is 457. The molecule has 2 aromatic rings. The predicted octanol–water partition coefficient (Wildman–Crippen LogP) is 4.25. The molecular formula is C12H16N2S2. The molecule has 2 rings (SSSR count). The van der Waals surface area contributed by atoms with Gasteiger partial charge in [0.1, 0.15) is 0 Å². The third-order valence-corrected chi connectivity index (χ3v) is 4.10. The molecule has 0 bridgehead atoms. The highest BCUT2D eigenvalue weighted by Gasteiger charge is 2.08. The first-order chi connectivity index (χ1) is 7.66. The van der Waals surface area contributed by atoms with Gasteiger partial charge in [-0.1, -0.05) is 13.8 Å². The molecule has 0 amide bonds. The van der Waals surface area contributed by atoms with E-state index in [0.717, 1.165) is 17.4 Å². The SMILES string of the molecule is Cc1ccsc1-c1csc(NCC(C)C)n1. The third-order valence-electron chi connectivity index (χ3n) is 2.26. The van der Waals surface area contributed by atoms with Crippen molar-refractivity contribution in [1.29, 1.82) is 0 Å². The predicted molar refractivity (Wildman–Crippen MR) is 73.5 cm³/mol. The zero-order chi connectivity index (χ0) is 11.5. The lowest BCUT2D eigenvalue weighted by Gasteiger charge is -2.04. The summed E-state index contributed by atoms with van der Waals surface area (Å²) >= 11 is 3.44. The molecule has 0 aliphatic heterocycles. The Balaban J connectivity index is 2.11. The highest BCUT2D eigenvalue weighted by Crippen LogP contribution is 2.31. The van der Waals surface area contributed by atoms with E-state index < -0.39 is 0 Å². The molecule has 86 valence electrons. The van der Waals surface area contributed by atoms with Crippen LogP contribution >= 0.6 is 22.7 Å². The Morgan fingerprint density at radius 2 is 2.19 bits per heavy atom. The number of hydrogen-bond acceptors (Lipinski definition) is 4. The van der Waals surface area contributed by atoms with E-state index in [1.54, 1.807) is 22.7 Å². The monoisotopic (exact) mass is 252 g/mol. The molecule has 0 fully saturated rings. The van der Waals surface area contributed by atoms with Crippen LogP contribution in [0.1, 0.15) is 19.4 Å². The zero-order valence-corrected chi connectivity index (χ0v) is 11.4. The van der Waals surface area contributed by atoms with Gasteiger partial charge in [-0.05, 0) is 29.9 Å². The Morgan fingerprint density at radius 1 is 1.38 bits per heavy atom. The van der Waals surface area contributed by atoms with Gasteiger partial charge in [0.2, 0.25) is 0 Å². The van der Waals surface area contributed by atoms with Crippen LogP contribution in [0.5, 0.6) is 0 Å². The van der Waals surface area contributed by atoms with Gasteiger partial charge in [0.15, 0.2) is 5.13 Å². The maximum absolute atomic E-state index is 4.60. The van der Waals surface area contributed by atoms with Crippen LogP contribution in [0.2, 0.25) is 0 Å². The molecular weight excluding hydrogens is 236 g/mol. The summed E-state index contributed by atoms with van der Waals surface area (Å²) in [5.74, 6) is 0.649. The van der Waals surface area contributed by atoms with Crippen LogP contribution in [0.4, 0.5) is 5.13 Å². The van der Waals surface area contributed by atoms with Gasteiger partial charge in [0, 0.05) is 11.9 Å². The van der Waals surface area contributed by atoms with Gasteiger partial charge in [-0.25, -0.2) is 4.98 Å². The second-order valence-electron chi connectivity index (χ2n) is 4.25. The molecule has 0 aromatic carbocycles. The van der Waals surface area contributed by atoms with Crippen LogP contribution in [-0.4, -0.2) is 11.5 Å². The van der Waals surface area contributed by atoms with E-state index in [2.05, 4.69) is 47.9 Å². The molecule has 0 radical (unpaired) electrons. The summed E-state index contributed by atoms with van der Waals surface area (Å²) in [5.41, 5.74) is 2.41. The molecule has 1 N–H and O–H groups in total. The summed E-state index contributed by atoms with van der Waals surface area (Å²) in [6.07, 6.45) is 0. The van der Waals surface area contributed by atoms with Crippen molar-refractivity contribution < 1.29 is 0 Å². The van der Waals surface area contributed by atoms with E-state index in [0.29, 0.717) is 5.92 Å². The fraction of sp³-hybridized carbons (Fsp3) is 0.417. The van der Waals surface area contributed by atoms with Crippen LogP contribution in [0.25, 0.3) is 10.6 Å². The Morgan fingerprint density at radius 3 is 2.81 bits per heavy atom. The van der Waals surface area contributed by atoms with E-state index in [1.807, 2.05) is 0 Å². The quantitative estimate of drug-likeness (QED) is 0.880. The summed E-state index contributed by atoms with van der Waals surface area (Å²) in [4.78, 5) is 5.89. The Hall–Kier alpha value is -0.870. The fourth-order valence-corrected chi connectivity index (χ4v) is 3.06. The van der Waals surface area contributed by atoms with Crippen molar-refractivity contribution >= 4 is 27.8 Å². The Kier molecular flexibility index (Phi) is 3.61. The standard InChI is InChI=1S/C12H16N2S2/c1-8(2)6-13-12-14-10(7-16-12)11-9(3)4-5-15-11/h4-5,7-8H,6H2,1-3H3,(H,13,14). The van der Waals surface area contributed by atoms with Crippen LogP contribution in [0, 0.1) is 12.8 Å². The van der Waals surface area contributed by atoms with Gasteiger partial charge in [-0.3, -0.25) is 0 Å². The van der Waals surface area contributed by atoms with Crippen LogP contribution < -0.4 is 5.32 Å². The molecule has 0 aliphatic rings. The second kappa shape index (κ2) is 4.97. The lowest BCUT2D eigenvalue weighted by atomic mass is 10.2. The minimum Gasteiger partial charge on any atom is -0.361 e. The average molecular weight is 252 g/mol. The van der Waals surface area contributed by atoms with Crippen molar-refractivity contribution in [3.8, 4) is 10.6 Å². The molecule has 0 atom stereocenters. The number of aryl methyl sites for hydroxylation is 1. The maximum atomic E-state index is 4.60. The van der Waals surface area contributed by atoms with Crippen molar-refractivity contribution in [1.82, 2.24) is 4.98 Å². The highest BCUT2D eigenvalue weighted by molar-refractivity contribution is 7.16. The number of nitrogens with zero attached hydrogens (tertiary/aromatic N) is 1.